The Bertz CT molecular complexity index is 3010. The van der Waals surface area contributed by atoms with Crippen LogP contribution in [0.2, 0.25) is 0 Å². The molecule has 15 nitrogen and oxygen atoms in total. The summed E-state index contributed by atoms with van der Waals surface area (Å²) in [7, 11) is 4.26. The van der Waals surface area contributed by atoms with E-state index in [0.717, 1.165) is 73.4 Å². The molecular formula is C53H60N8O7. The highest BCUT2D eigenvalue weighted by Gasteiger charge is 2.61. The van der Waals surface area contributed by atoms with Crippen molar-refractivity contribution in [2.45, 2.75) is 83.6 Å². The molecule has 2 aromatic heterocycles. The second-order valence-corrected chi connectivity index (χ2v) is 18.3. The standard InChI is InChI=1S/C53H60N8O7/c1-8-29(3)43(58-52(64)67-6)51(63)61-42(28-38-30(4)47(38)61)49-55-40-24-20-35-27-33(18-22-37(35)46(40)57-49)32-17-21-36-34(26-32)19-23-39-45(36)56-48(54-39)41(16-13-25-66-5)60(9-2)50(62)44(59-53(65)68-7)31-14-11-10-12-15-31/h10-12,14-15,17-24,26-27,29-30,38,41-44,47H,8-9,13,16,25,28H2,1-7H3,(H,54,56)(H,55,57)(H,58,64)(H,59,65)/t29-,30+,38-,41-,42-,43-,44+,47+/m0/s1. The Morgan fingerprint density at radius 2 is 1.44 bits per heavy atom. The molecule has 354 valence electrons. The molecule has 1 aliphatic heterocycles. The number of rotatable bonds is 16. The Kier molecular flexibility index (Phi) is 13.1. The third-order valence-electron chi connectivity index (χ3n) is 14.4. The summed E-state index contributed by atoms with van der Waals surface area (Å²) in [6.07, 6.45) is 1.50. The van der Waals surface area contributed by atoms with E-state index < -0.39 is 30.3 Å². The maximum absolute atomic E-state index is 14.5. The fourth-order valence-electron chi connectivity index (χ4n) is 10.5. The third-order valence-corrected chi connectivity index (χ3v) is 14.4. The molecule has 3 heterocycles. The molecule has 2 aliphatic rings. The van der Waals surface area contributed by atoms with Gasteiger partial charge >= 0.3 is 12.2 Å². The van der Waals surface area contributed by atoms with Gasteiger partial charge in [0.1, 0.15) is 23.7 Å². The van der Waals surface area contributed by atoms with Crippen LogP contribution in [0.15, 0.2) is 91.0 Å². The summed E-state index contributed by atoms with van der Waals surface area (Å²) >= 11 is 0. The summed E-state index contributed by atoms with van der Waals surface area (Å²) in [4.78, 5) is 74.9. The number of hydrogen-bond acceptors (Lipinski definition) is 9. The van der Waals surface area contributed by atoms with Crippen LogP contribution < -0.4 is 10.6 Å². The van der Waals surface area contributed by atoms with E-state index in [0.29, 0.717) is 49.2 Å². The lowest BCUT2D eigenvalue weighted by Crippen LogP contribution is -2.52. The second-order valence-electron chi connectivity index (χ2n) is 18.3. The van der Waals surface area contributed by atoms with E-state index in [4.69, 9.17) is 24.2 Å². The fourth-order valence-corrected chi connectivity index (χ4v) is 10.5. The smallest absolute Gasteiger partial charge is 0.407 e. The molecule has 68 heavy (non-hydrogen) atoms. The number of hydrogen-bond donors (Lipinski definition) is 4. The maximum atomic E-state index is 14.5. The number of nitrogens with one attached hydrogen (secondary N) is 4. The molecule has 2 fully saturated rings. The number of nitrogens with zero attached hydrogens (tertiary/aromatic N) is 4. The number of imidazole rings is 2. The van der Waals surface area contributed by atoms with Crippen molar-refractivity contribution in [3.63, 3.8) is 0 Å². The highest BCUT2D eigenvalue weighted by Crippen LogP contribution is 2.57. The number of likely N-dealkylation sites (tertiary alicyclic amines) is 1. The van der Waals surface area contributed by atoms with Gasteiger partial charge in [-0.2, -0.15) is 0 Å². The highest BCUT2D eigenvalue weighted by atomic mass is 16.5. The lowest BCUT2D eigenvalue weighted by Gasteiger charge is -2.33. The number of methoxy groups -OCH3 is 3. The lowest BCUT2D eigenvalue weighted by molar-refractivity contribution is -0.137. The fraction of sp³-hybridized carbons (Fsp3) is 0.396. The van der Waals surface area contributed by atoms with Crippen molar-refractivity contribution < 1.29 is 33.4 Å². The number of aromatic amines is 2. The summed E-state index contributed by atoms with van der Waals surface area (Å²) in [6.45, 7) is 9.01. The Balaban J connectivity index is 1.00. The van der Waals surface area contributed by atoms with E-state index in [1.807, 2.05) is 62.1 Å². The van der Waals surface area contributed by atoms with Crippen molar-refractivity contribution in [3.8, 4) is 11.1 Å². The van der Waals surface area contributed by atoms with Crippen LogP contribution >= 0.6 is 0 Å². The monoisotopic (exact) mass is 920 g/mol. The number of carbonyl (C=O) groups excluding carboxylic acids is 4. The van der Waals surface area contributed by atoms with Crippen LogP contribution in [0.5, 0.6) is 0 Å². The molecule has 0 unspecified atom stereocenters. The van der Waals surface area contributed by atoms with E-state index in [9.17, 15) is 19.2 Å². The molecule has 1 aliphatic carbocycles. The summed E-state index contributed by atoms with van der Waals surface area (Å²) < 4.78 is 15.2. The molecule has 4 N–H and O–H groups in total. The maximum Gasteiger partial charge on any atom is 0.407 e. The first-order valence-electron chi connectivity index (χ1n) is 23.7. The van der Waals surface area contributed by atoms with Crippen LogP contribution in [0.1, 0.15) is 88.7 Å². The number of likely N-dealkylation sites (N-methyl/N-ethyl adjacent to an activating group) is 1. The van der Waals surface area contributed by atoms with Gasteiger partial charge in [0, 0.05) is 37.1 Å². The van der Waals surface area contributed by atoms with Crippen LogP contribution in [0.25, 0.3) is 54.7 Å². The van der Waals surface area contributed by atoms with Crippen LogP contribution in [0.4, 0.5) is 9.59 Å². The van der Waals surface area contributed by atoms with Crippen LogP contribution in [0.3, 0.4) is 0 Å². The third kappa shape index (κ3) is 8.59. The number of carbonyl (C=O) groups is 4. The number of H-pyrrole nitrogens is 2. The molecule has 7 aromatic rings. The van der Waals surface area contributed by atoms with Gasteiger partial charge in [0.25, 0.3) is 5.91 Å². The largest absolute Gasteiger partial charge is 0.453 e. The van der Waals surface area contributed by atoms with Crippen molar-refractivity contribution in [2.24, 2.45) is 17.8 Å². The number of alkyl carbamates (subject to hydrolysis) is 2. The van der Waals surface area contributed by atoms with Crippen molar-refractivity contribution in [1.29, 1.82) is 0 Å². The van der Waals surface area contributed by atoms with Gasteiger partial charge in [0.2, 0.25) is 5.91 Å². The Morgan fingerprint density at radius 3 is 2.06 bits per heavy atom. The molecular weight excluding hydrogens is 861 g/mol. The summed E-state index contributed by atoms with van der Waals surface area (Å²) in [6, 6.07) is 28.1. The molecule has 1 saturated carbocycles. The zero-order valence-electron chi connectivity index (χ0n) is 39.7. The van der Waals surface area contributed by atoms with Crippen LogP contribution in [-0.2, 0) is 23.8 Å². The minimum Gasteiger partial charge on any atom is -0.453 e. The normalized spacial score (nSPS) is 19.4. The van der Waals surface area contributed by atoms with Gasteiger partial charge < -0.3 is 44.6 Å². The summed E-state index contributed by atoms with van der Waals surface area (Å²) in [5.41, 5.74) is 6.16. The molecule has 9 rings (SSSR count). The number of aromatic nitrogens is 4. The van der Waals surface area contributed by atoms with Crippen LogP contribution in [-0.4, -0.2) is 100 Å². The number of ether oxygens (including phenoxy) is 3. The lowest BCUT2D eigenvalue weighted by atomic mass is 9.97. The van der Waals surface area contributed by atoms with E-state index in [2.05, 4.69) is 82.1 Å². The average molecular weight is 921 g/mol. The topological polar surface area (TPSA) is 184 Å². The Morgan fingerprint density at radius 1 is 0.809 bits per heavy atom. The second kappa shape index (κ2) is 19.3. The van der Waals surface area contributed by atoms with Crippen molar-refractivity contribution >= 4 is 67.6 Å². The van der Waals surface area contributed by atoms with Gasteiger partial charge in [-0.1, -0.05) is 93.9 Å². The SMILES string of the molecule is CC[C@H](C)[C@H](NC(=O)OC)C(=O)N1[C@@H]2[C@H](C)[C@@H]2C[C@H]1c1nc2c(ccc3cc(-c4ccc5c(ccc6[nH]c([C@H](CCCOC)N(CC)C(=O)[C@H](NC(=O)OC)c7ccccc7)nc65)c4)ccc32)[nH]1. The minimum atomic E-state index is -0.962. The first-order chi connectivity index (χ1) is 33.0. The highest BCUT2D eigenvalue weighted by molar-refractivity contribution is 6.07. The summed E-state index contributed by atoms with van der Waals surface area (Å²) in [5, 5.41) is 9.63. The van der Waals surface area contributed by atoms with E-state index in [1.165, 1.54) is 14.2 Å². The van der Waals surface area contributed by atoms with Crippen molar-refractivity contribution in [3.05, 3.63) is 108 Å². The zero-order chi connectivity index (χ0) is 47.8. The van der Waals surface area contributed by atoms with Crippen molar-refractivity contribution in [1.82, 2.24) is 40.4 Å². The molecule has 0 bridgehead atoms. The van der Waals surface area contributed by atoms with Crippen LogP contribution in [0, 0.1) is 17.8 Å². The quantitative estimate of drug-likeness (QED) is 0.0686. The zero-order valence-corrected chi connectivity index (χ0v) is 39.7. The number of benzene rings is 5. The molecule has 0 spiro atoms. The van der Waals surface area contributed by atoms with Gasteiger partial charge in [-0.3, -0.25) is 9.59 Å². The number of piperidine rings is 1. The van der Waals surface area contributed by atoms with Gasteiger partial charge in [0.15, 0.2) is 0 Å². The van der Waals surface area contributed by atoms with Gasteiger partial charge in [0.05, 0.1) is 48.4 Å². The molecule has 0 radical (unpaired) electrons. The molecule has 5 aromatic carbocycles. The predicted molar refractivity (Wildman–Crippen MR) is 262 cm³/mol. The Labute approximate surface area is 395 Å². The average Bonchev–Trinajstić information content (AvgIpc) is 3.81. The molecule has 8 atom stereocenters. The summed E-state index contributed by atoms with van der Waals surface area (Å²) in [5.74, 6) is 1.76. The van der Waals surface area contributed by atoms with Crippen molar-refractivity contribution in [2.75, 3.05) is 34.5 Å². The van der Waals surface area contributed by atoms with E-state index >= 15 is 0 Å². The van der Waals surface area contributed by atoms with E-state index in [1.54, 1.807) is 12.0 Å². The number of fused-ring (bicyclic) bond motifs is 7. The Hall–Kier alpha value is -7.00. The van der Waals surface area contributed by atoms with Gasteiger partial charge in [-0.25, -0.2) is 19.6 Å². The number of amides is 4. The molecule has 15 heteroatoms. The van der Waals surface area contributed by atoms with Gasteiger partial charge in [-0.15, -0.1) is 0 Å². The van der Waals surface area contributed by atoms with E-state index in [-0.39, 0.29) is 29.8 Å². The first kappa shape index (κ1) is 46.1. The predicted octanol–water partition coefficient (Wildman–Crippen LogP) is 9.50. The first-order valence-corrected chi connectivity index (χ1v) is 23.7. The molecule has 1 saturated heterocycles. The van der Waals surface area contributed by atoms with Gasteiger partial charge in [-0.05, 0) is 95.7 Å². The molecule has 4 amide bonds. The minimum absolute atomic E-state index is 0.0743.